The summed E-state index contributed by atoms with van der Waals surface area (Å²) in [6.07, 6.45) is 6.52. The topological polar surface area (TPSA) is 0 Å². The molecule has 1 atom stereocenters. The molecule has 2 aliphatic carbocycles. The molecule has 9 aromatic rings. The van der Waals surface area contributed by atoms with Crippen LogP contribution in [-0.4, -0.2) is 0 Å². The summed E-state index contributed by atoms with van der Waals surface area (Å²) >= 11 is 1.88. The summed E-state index contributed by atoms with van der Waals surface area (Å²) in [6, 6.07) is 59.1. The molecule has 0 nitrogen and oxygen atoms in total. The molecular weight excluding hydrogens is 657 g/mol. The Hall–Kier alpha value is -6.28. The summed E-state index contributed by atoms with van der Waals surface area (Å²) in [5.41, 5.74) is 15.3. The van der Waals surface area contributed by atoms with E-state index in [1.165, 1.54) is 109 Å². The second-order valence-corrected chi connectivity index (χ2v) is 15.3. The van der Waals surface area contributed by atoms with E-state index >= 15 is 0 Å². The van der Waals surface area contributed by atoms with Crippen molar-refractivity contribution in [2.75, 3.05) is 0 Å². The smallest absolute Gasteiger partial charge is 0.0740 e. The van der Waals surface area contributed by atoms with E-state index in [4.69, 9.17) is 0 Å². The molecule has 0 saturated heterocycles. The Bertz CT molecular complexity index is 3030. The number of fused-ring (bicyclic) bond motifs is 15. The maximum absolute atomic E-state index is 4.27. The molecule has 1 heterocycles. The van der Waals surface area contributed by atoms with Crippen molar-refractivity contribution in [3.63, 3.8) is 0 Å². The zero-order valence-electron chi connectivity index (χ0n) is 29.4. The standard InChI is InChI=1S/C52H34S/c1-3-16-41-49(4-2)53-51-40-24-13-15-26-47(40)52(50(41)51)46-25-14-12-23-38(46)39-28-27-33(29-48(39)52)43-31-45-36-21-10-8-19-34(36)42(32-17-6-5-7-18-32)30-44(45)37-22-11-9-20-35(37)43/h3-31H,2H2,1H3/b16-3-. The Balaban J connectivity index is 1.24. The van der Waals surface area contributed by atoms with Crippen LogP contribution < -0.4 is 0 Å². The molecule has 248 valence electrons. The van der Waals surface area contributed by atoms with Crippen molar-refractivity contribution < 1.29 is 0 Å². The van der Waals surface area contributed by atoms with Crippen LogP contribution in [0.2, 0.25) is 0 Å². The Labute approximate surface area is 313 Å². The van der Waals surface area contributed by atoms with Gasteiger partial charge in [-0.05, 0) is 124 Å². The molecule has 0 saturated carbocycles. The molecule has 0 bridgehead atoms. The Kier molecular flexibility index (Phi) is 6.51. The van der Waals surface area contributed by atoms with Crippen LogP contribution in [0.25, 0.3) is 88.3 Å². The number of benzene rings is 8. The zero-order chi connectivity index (χ0) is 35.3. The van der Waals surface area contributed by atoms with Crippen LogP contribution >= 0.6 is 11.3 Å². The molecule has 53 heavy (non-hydrogen) atoms. The number of thiophene rings is 1. The first-order valence-corrected chi connectivity index (χ1v) is 19.2. The fourth-order valence-electron chi connectivity index (χ4n) is 9.70. The lowest BCUT2D eigenvalue weighted by Gasteiger charge is -2.31. The van der Waals surface area contributed by atoms with Crippen molar-refractivity contribution in [2.24, 2.45) is 0 Å². The first-order chi connectivity index (χ1) is 26.2. The van der Waals surface area contributed by atoms with E-state index in [-0.39, 0.29) is 0 Å². The molecule has 11 rings (SSSR count). The fraction of sp³-hybridized carbons (Fsp3) is 0.0385. The molecule has 1 unspecified atom stereocenters. The lowest BCUT2D eigenvalue weighted by atomic mass is 9.69. The van der Waals surface area contributed by atoms with Gasteiger partial charge in [-0.1, -0.05) is 164 Å². The van der Waals surface area contributed by atoms with Gasteiger partial charge in [0.25, 0.3) is 0 Å². The molecule has 0 radical (unpaired) electrons. The first kappa shape index (κ1) is 30.4. The van der Waals surface area contributed by atoms with Crippen LogP contribution in [0.1, 0.15) is 39.6 Å². The zero-order valence-corrected chi connectivity index (χ0v) is 30.2. The number of hydrogen-bond acceptors (Lipinski definition) is 1. The molecule has 0 fully saturated rings. The predicted octanol–water partition coefficient (Wildman–Crippen LogP) is 14.6. The van der Waals surface area contributed by atoms with E-state index in [2.05, 4.69) is 183 Å². The van der Waals surface area contributed by atoms with E-state index in [1.54, 1.807) is 0 Å². The third-order valence-electron chi connectivity index (χ3n) is 11.8. The second-order valence-electron chi connectivity index (χ2n) is 14.3. The number of hydrogen-bond donors (Lipinski definition) is 0. The van der Waals surface area contributed by atoms with Gasteiger partial charge in [-0.25, -0.2) is 0 Å². The third-order valence-corrected chi connectivity index (χ3v) is 13.0. The fourth-order valence-corrected chi connectivity index (χ4v) is 10.9. The van der Waals surface area contributed by atoms with E-state index in [9.17, 15) is 0 Å². The van der Waals surface area contributed by atoms with Gasteiger partial charge >= 0.3 is 0 Å². The van der Waals surface area contributed by atoms with Crippen molar-refractivity contribution in [2.45, 2.75) is 12.3 Å². The lowest BCUT2D eigenvalue weighted by Crippen LogP contribution is -2.26. The maximum Gasteiger partial charge on any atom is 0.0740 e. The maximum atomic E-state index is 4.27. The number of allylic oxidation sites excluding steroid dienone is 1. The molecule has 0 aliphatic heterocycles. The molecule has 0 amide bonds. The highest BCUT2D eigenvalue weighted by molar-refractivity contribution is 7.17. The SMILES string of the molecule is C=Cc1sc2c(c1/C=C\C)C1(c3ccccc3-c3ccc(-c4cc5c6ccccc6c(-c6ccccc6)cc5c5ccccc45)cc31)c1ccccc1-2. The van der Waals surface area contributed by atoms with Gasteiger partial charge in [0, 0.05) is 9.75 Å². The highest BCUT2D eigenvalue weighted by Gasteiger charge is 2.53. The Morgan fingerprint density at radius 2 is 1.02 bits per heavy atom. The molecule has 1 aromatic heterocycles. The molecule has 1 spiro atoms. The van der Waals surface area contributed by atoms with Gasteiger partial charge < -0.3 is 0 Å². The minimum absolute atomic E-state index is 0.440. The van der Waals surface area contributed by atoms with Crippen LogP contribution in [0, 0.1) is 0 Å². The van der Waals surface area contributed by atoms with Crippen LogP contribution in [0.3, 0.4) is 0 Å². The molecule has 8 aromatic carbocycles. The van der Waals surface area contributed by atoms with Crippen LogP contribution in [-0.2, 0) is 5.41 Å². The highest BCUT2D eigenvalue weighted by Crippen LogP contribution is 2.66. The molecule has 2 aliphatic rings. The minimum Gasteiger partial charge on any atom is -0.135 e. The lowest BCUT2D eigenvalue weighted by molar-refractivity contribution is 0.794. The predicted molar refractivity (Wildman–Crippen MR) is 229 cm³/mol. The largest absolute Gasteiger partial charge is 0.135 e. The van der Waals surface area contributed by atoms with Gasteiger partial charge in [-0.15, -0.1) is 11.3 Å². The van der Waals surface area contributed by atoms with Crippen molar-refractivity contribution in [1.82, 2.24) is 0 Å². The summed E-state index contributed by atoms with van der Waals surface area (Å²) < 4.78 is 0. The summed E-state index contributed by atoms with van der Waals surface area (Å²) in [6.45, 7) is 6.40. The van der Waals surface area contributed by atoms with Gasteiger partial charge in [0.15, 0.2) is 0 Å². The number of rotatable bonds is 4. The van der Waals surface area contributed by atoms with E-state index < -0.39 is 5.41 Å². The van der Waals surface area contributed by atoms with Gasteiger partial charge in [0.1, 0.15) is 0 Å². The van der Waals surface area contributed by atoms with E-state index in [1.807, 2.05) is 17.4 Å². The van der Waals surface area contributed by atoms with E-state index in [0.29, 0.717) is 0 Å². The summed E-state index contributed by atoms with van der Waals surface area (Å²) in [5, 5.41) is 7.67. The average molecular weight is 691 g/mol. The highest BCUT2D eigenvalue weighted by atomic mass is 32.1. The van der Waals surface area contributed by atoms with Crippen molar-refractivity contribution >= 4 is 55.8 Å². The van der Waals surface area contributed by atoms with Gasteiger partial charge in [0.05, 0.1) is 5.41 Å². The summed E-state index contributed by atoms with van der Waals surface area (Å²) in [7, 11) is 0. The van der Waals surface area contributed by atoms with E-state index in [0.717, 1.165) is 0 Å². The second kappa shape index (κ2) is 11.4. The Morgan fingerprint density at radius 1 is 0.472 bits per heavy atom. The van der Waals surface area contributed by atoms with Gasteiger partial charge in [-0.3, -0.25) is 0 Å². The normalized spacial score (nSPS) is 15.3. The summed E-state index contributed by atoms with van der Waals surface area (Å²) in [4.78, 5) is 2.58. The molecule has 1 heteroatoms. The molecule has 0 N–H and O–H groups in total. The van der Waals surface area contributed by atoms with Gasteiger partial charge in [0.2, 0.25) is 0 Å². The third kappa shape index (κ3) is 4.00. The summed E-state index contributed by atoms with van der Waals surface area (Å²) in [5.74, 6) is 0. The van der Waals surface area contributed by atoms with Crippen LogP contribution in [0.15, 0.2) is 170 Å². The molecular formula is C52H34S. The average Bonchev–Trinajstić information content (AvgIpc) is 3.83. The minimum atomic E-state index is -0.440. The monoisotopic (exact) mass is 690 g/mol. The van der Waals surface area contributed by atoms with Crippen LogP contribution in [0.5, 0.6) is 0 Å². The van der Waals surface area contributed by atoms with Crippen molar-refractivity contribution in [3.05, 3.63) is 203 Å². The van der Waals surface area contributed by atoms with Crippen molar-refractivity contribution in [1.29, 1.82) is 0 Å². The Morgan fingerprint density at radius 3 is 1.68 bits per heavy atom. The van der Waals surface area contributed by atoms with Gasteiger partial charge in [-0.2, -0.15) is 0 Å². The quantitative estimate of drug-likeness (QED) is 0.161. The van der Waals surface area contributed by atoms with Crippen LogP contribution in [0.4, 0.5) is 0 Å². The van der Waals surface area contributed by atoms with Crippen molar-refractivity contribution in [3.8, 4) is 43.8 Å². The first-order valence-electron chi connectivity index (χ1n) is 18.4.